The first-order valence-corrected chi connectivity index (χ1v) is 10.7. The summed E-state index contributed by atoms with van der Waals surface area (Å²) in [5.74, 6) is 2.14. The molecule has 1 aromatic carbocycles. The van der Waals surface area contributed by atoms with Gasteiger partial charge in [-0.15, -0.1) is 12.4 Å². The van der Waals surface area contributed by atoms with Gasteiger partial charge in [0.1, 0.15) is 11.5 Å². The van der Waals surface area contributed by atoms with E-state index in [4.69, 9.17) is 4.42 Å². The molecule has 0 saturated heterocycles. The largest absolute Gasteiger partial charge is 0.464 e. The van der Waals surface area contributed by atoms with Gasteiger partial charge in [-0.3, -0.25) is 4.79 Å². The van der Waals surface area contributed by atoms with E-state index in [2.05, 4.69) is 30.0 Å². The number of unbranched alkanes of at least 4 members (excludes halogenated alkanes) is 4. The molecule has 1 aliphatic rings. The molecule has 3 rings (SSSR count). The van der Waals surface area contributed by atoms with E-state index in [1.807, 2.05) is 31.1 Å². The third-order valence-corrected chi connectivity index (χ3v) is 5.45. The summed E-state index contributed by atoms with van der Waals surface area (Å²) < 4.78 is 5.95. The number of rotatable bonds is 9. The fourth-order valence-electron chi connectivity index (χ4n) is 3.89. The summed E-state index contributed by atoms with van der Waals surface area (Å²) in [6, 6.07) is 10.3. The van der Waals surface area contributed by atoms with E-state index < -0.39 is 0 Å². The van der Waals surface area contributed by atoms with Gasteiger partial charge in [-0.2, -0.15) is 0 Å². The first-order valence-electron chi connectivity index (χ1n) is 10.7. The summed E-state index contributed by atoms with van der Waals surface area (Å²) in [6.45, 7) is 4.40. The van der Waals surface area contributed by atoms with Crippen molar-refractivity contribution >= 4 is 18.3 Å². The highest BCUT2D eigenvalue weighted by Crippen LogP contribution is 2.25. The van der Waals surface area contributed by atoms with E-state index in [-0.39, 0.29) is 18.3 Å². The van der Waals surface area contributed by atoms with E-state index in [1.165, 1.54) is 37.7 Å². The van der Waals surface area contributed by atoms with Crippen LogP contribution in [0.25, 0.3) is 0 Å². The molecule has 29 heavy (non-hydrogen) atoms. The third-order valence-electron chi connectivity index (χ3n) is 5.45. The monoisotopic (exact) mass is 418 g/mol. The number of hydrogen-bond acceptors (Lipinski definition) is 3. The number of amides is 1. The Morgan fingerprint density at radius 3 is 2.52 bits per heavy atom. The van der Waals surface area contributed by atoms with Crippen LogP contribution in [0.15, 0.2) is 34.7 Å². The minimum Gasteiger partial charge on any atom is -0.464 e. The molecule has 0 bridgehead atoms. The van der Waals surface area contributed by atoms with Gasteiger partial charge in [0.05, 0.1) is 6.54 Å². The van der Waals surface area contributed by atoms with Gasteiger partial charge in [-0.05, 0) is 50.7 Å². The van der Waals surface area contributed by atoms with Crippen LogP contribution in [0.1, 0.15) is 72.0 Å². The molecule has 0 fully saturated rings. The molecule has 0 unspecified atom stereocenters. The van der Waals surface area contributed by atoms with Gasteiger partial charge in [-0.25, -0.2) is 0 Å². The highest BCUT2D eigenvalue weighted by Gasteiger charge is 2.25. The lowest BCUT2D eigenvalue weighted by molar-refractivity contribution is 0.0729. The molecular weight excluding hydrogens is 384 g/mol. The van der Waals surface area contributed by atoms with Crippen molar-refractivity contribution in [2.24, 2.45) is 0 Å². The molecule has 1 amide bonds. The fourth-order valence-corrected chi connectivity index (χ4v) is 3.89. The Morgan fingerprint density at radius 1 is 1.10 bits per heavy atom. The second kappa shape index (κ2) is 11.4. The van der Waals surface area contributed by atoms with Crippen LogP contribution in [0, 0.1) is 0 Å². The average molecular weight is 419 g/mol. The lowest BCUT2D eigenvalue weighted by Crippen LogP contribution is -2.35. The van der Waals surface area contributed by atoms with Gasteiger partial charge in [0.15, 0.2) is 0 Å². The number of halogens is 1. The van der Waals surface area contributed by atoms with Crippen molar-refractivity contribution in [2.75, 3.05) is 20.6 Å². The SMILES string of the molecule is CCCCCCCc1ccc(C(=O)N2CCc3oc(CN(C)C)cc3C2)cc1.Cl. The zero-order valence-corrected chi connectivity index (χ0v) is 18.9. The van der Waals surface area contributed by atoms with E-state index >= 15 is 0 Å². The van der Waals surface area contributed by atoms with Crippen LogP contribution < -0.4 is 0 Å². The van der Waals surface area contributed by atoms with Crippen molar-refractivity contribution in [1.82, 2.24) is 9.80 Å². The Bertz CT molecular complexity index is 768. The smallest absolute Gasteiger partial charge is 0.254 e. The number of fused-ring (bicyclic) bond motifs is 1. The van der Waals surface area contributed by atoms with E-state index in [0.717, 1.165) is 48.6 Å². The molecule has 0 spiro atoms. The molecule has 2 aromatic rings. The van der Waals surface area contributed by atoms with Crippen LogP contribution >= 0.6 is 12.4 Å². The van der Waals surface area contributed by atoms with Crippen LogP contribution in [0.2, 0.25) is 0 Å². The molecule has 0 saturated carbocycles. The Kier molecular flexibility index (Phi) is 9.25. The predicted octanol–water partition coefficient (Wildman–Crippen LogP) is 5.47. The normalized spacial score (nSPS) is 13.3. The van der Waals surface area contributed by atoms with Crippen molar-refractivity contribution in [3.63, 3.8) is 0 Å². The Morgan fingerprint density at radius 2 is 1.83 bits per heavy atom. The van der Waals surface area contributed by atoms with Crippen LogP contribution in [0.5, 0.6) is 0 Å². The zero-order valence-electron chi connectivity index (χ0n) is 18.1. The molecule has 5 heteroatoms. The quantitative estimate of drug-likeness (QED) is 0.506. The molecular formula is C24H35ClN2O2. The molecule has 1 aromatic heterocycles. The van der Waals surface area contributed by atoms with Gasteiger partial charge in [0.2, 0.25) is 0 Å². The summed E-state index contributed by atoms with van der Waals surface area (Å²) in [5.41, 5.74) is 3.27. The van der Waals surface area contributed by atoms with Crippen molar-refractivity contribution in [2.45, 2.75) is 65.0 Å². The van der Waals surface area contributed by atoms with Crippen molar-refractivity contribution < 1.29 is 9.21 Å². The van der Waals surface area contributed by atoms with Gasteiger partial charge < -0.3 is 14.2 Å². The first-order chi connectivity index (χ1) is 13.6. The standard InChI is InChI=1S/C24H34N2O2.ClH/c1-4-5-6-7-8-9-19-10-12-20(13-11-19)24(27)26-15-14-23-21(17-26)16-22(28-23)18-25(2)3;/h10-13,16H,4-9,14-15,17-18H2,1-3H3;1H. The summed E-state index contributed by atoms with van der Waals surface area (Å²) in [5, 5.41) is 0. The molecule has 0 N–H and O–H groups in total. The summed E-state index contributed by atoms with van der Waals surface area (Å²) in [7, 11) is 4.07. The number of carbonyl (C=O) groups is 1. The molecule has 0 atom stereocenters. The molecule has 0 radical (unpaired) electrons. The Balaban J connectivity index is 0.00000300. The number of furan rings is 1. The van der Waals surface area contributed by atoms with Gasteiger partial charge >= 0.3 is 0 Å². The highest BCUT2D eigenvalue weighted by atomic mass is 35.5. The molecule has 160 valence electrons. The third kappa shape index (κ3) is 6.61. The zero-order chi connectivity index (χ0) is 19.9. The molecule has 0 aliphatic carbocycles. The molecule has 4 nitrogen and oxygen atoms in total. The number of aryl methyl sites for hydroxylation is 1. The number of carbonyl (C=O) groups excluding carboxylic acids is 1. The fraction of sp³-hybridized carbons (Fsp3) is 0.542. The summed E-state index contributed by atoms with van der Waals surface area (Å²) >= 11 is 0. The lowest BCUT2D eigenvalue weighted by atomic mass is 10.0. The van der Waals surface area contributed by atoms with E-state index in [9.17, 15) is 4.79 Å². The second-order valence-electron chi connectivity index (χ2n) is 8.24. The van der Waals surface area contributed by atoms with Crippen molar-refractivity contribution in [3.05, 3.63) is 58.5 Å². The van der Waals surface area contributed by atoms with Gasteiger partial charge in [0.25, 0.3) is 5.91 Å². The molecule has 1 aliphatic heterocycles. The Hall–Kier alpha value is -1.78. The maximum atomic E-state index is 12.9. The van der Waals surface area contributed by atoms with E-state index in [0.29, 0.717) is 6.54 Å². The van der Waals surface area contributed by atoms with Gasteiger partial charge in [0, 0.05) is 30.6 Å². The first kappa shape index (κ1) is 23.5. The second-order valence-corrected chi connectivity index (χ2v) is 8.24. The summed E-state index contributed by atoms with van der Waals surface area (Å²) in [6.07, 6.45) is 8.37. The number of hydrogen-bond donors (Lipinski definition) is 0. The predicted molar refractivity (Wildman–Crippen MR) is 121 cm³/mol. The Labute approximate surface area is 181 Å². The van der Waals surface area contributed by atoms with Crippen molar-refractivity contribution in [1.29, 1.82) is 0 Å². The van der Waals surface area contributed by atoms with Crippen LogP contribution in [0.4, 0.5) is 0 Å². The maximum Gasteiger partial charge on any atom is 0.254 e. The minimum absolute atomic E-state index is 0. The van der Waals surface area contributed by atoms with Gasteiger partial charge in [-0.1, -0.05) is 44.7 Å². The number of benzene rings is 1. The van der Waals surface area contributed by atoms with Crippen molar-refractivity contribution in [3.8, 4) is 0 Å². The maximum absolute atomic E-state index is 12.9. The van der Waals surface area contributed by atoms with E-state index in [1.54, 1.807) is 0 Å². The lowest BCUT2D eigenvalue weighted by Gasteiger charge is -2.26. The average Bonchev–Trinajstić information content (AvgIpc) is 3.08. The topological polar surface area (TPSA) is 36.7 Å². The van der Waals surface area contributed by atoms with Crippen LogP contribution in [-0.4, -0.2) is 36.3 Å². The van der Waals surface area contributed by atoms with Crippen LogP contribution in [-0.2, 0) is 25.9 Å². The number of nitrogens with zero attached hydrogens (tertiary/aromatic N) is 2. The van der Waals surface area contributed by atoms with Crippen LogP contribution in [0.3, 0.4) is 0 Å². The highest BCUT2D eigenvalue weighted by molar-refractivity contribution is 5.94. The molecule has 2 heterocycles. The summed E-state index contributed by atoms with van der Waals surface area (Å²) in [4.78, 5) is 17.0. The minimum atomic E-state index is 0.